The van der Waals surface area contributed by atoms with Crippen molar-refractivity contribution < 1.29 is 4.42 Å². The minimum atomic E-state index is 0.457. The highest BCUT2D eigenvalue weighted by atomic mass is 16.3. The minimum Gasteiger partial charge on any atom is -0.439 e. The third-order valence-corrected chi connectivity index (χ3v) is 1.72. The molecular formula is C8H8N2O. The fourth-order valence-electron chi connectivity index (χ4n) is 1.07. The van der Waals surface area contributed by atoms with Crippen molar-refractivity contribution in [1.82, 2.24) is 4.98 Å². The van der Waals surface area contributed by atoms with Crippen molar-refractivity contribution in [1.29, 1.82) is 0 Å². The van der Waals surface area contributed by atoms with Gasteiger partial charge >= 0.3 is 0 Å². The van der Waals surface area contributed by atoms with Gasteiger partial charge in [0.15, 0.2) is 11.5 Å². The number of furan rings is 1. The van der Waals surface area contributed by atoms with E-state index in [1.807, 2.05) is 19.1 Å². The molecule has 0 aliphatic carbocycles. The highest BCUT2D eigenvalue weighted by Crippen LogP contribution is 2.23. The highest BCUT2D eigenvalue weighted by molar-refractivity contribution is 5.80. The normalized spacial score (nSPS) is 10.6. The lowest BCUT2D eigenvalue weighted by atomic mass is 10.3. The number of nitrogen functional groups attached to an aromatic ring is 1. The molecule has 11 heavy (non-hydrogen) atoms. The van der Waals surface area contributed by atoms with Gasteiger partial charge in [-0.15, -0.1) is 0 Å². The number of nitrogens with zero attached hydrogens (tertiary/aromatic N) is 1. The molecule has 0 amide bonds. The number of hydrogen-bond acceptors (Lipinski definition) is 3. The Morgan fingerprint density at radius 3 is 3.09 bits per heavy atom. The molecule has 0 fully saturated rings. The van der Waals surface area contributed by atoms with Crippen LogP contribution in [0.15, 0.2) is 22.7 Å². The molecule has 0 aliphatic rings. The van der Waals surface area contributed by atoms with Crippen LogP contribution in [0.1, 0.15) is 5.56 Å². The Hall–Kier alpha value is -1.51. The van der Waals surface area contributed by atoms with Gasteiger partial charge in [-0.05, 0) is 19.1 Å². The van der Waals surface area contributed by atoms with Gasteiger partial charge in [0.05, 0.1) is 0 Å². The zero-order valence-electron chi connectivity index (χ0n) is 6.16. The monoisotopic (exact) mass is 148 g/mol. The number of fused-ring (bicyclic) bond motifs is 1. The summed E-state index contributed by atoms with van der Waals surface area (Å²) in [6.07, 6.45) is 1.73. The Morgan fingerprint density at radius 1 is 1.55 bits per heavy atom. The summed E-state index contributed by atoms with van der Waals surface area (Å²) in [5.41, 5.74) is 8.07. The second-order valence-corrected chi connectivity index (χ2v) is 2.44. The Bertz CT molecular complexity index is 392. The van der Waals surface area contributed by atoms with Crippen LogP contribution in [0.25, 0.3) is 11.1 Å². The van der Waals surface area contributed by atoms with Crippen molar-refractivity contribution in [2.45, 2.75) is 6.92 Å². The molecule has 56 valence electrons. The fraction of sp³-hybridized carbons (Fsp3) is 0.125. The van der Waals surface area contributed by atoms with Crippen LogP contribution < -0.4 is 5.73 Å². The summed E-state index contributed by atoms with van der Waals surface area (Å²) in [5, 5.41) is 0. The first kappa shape index (κ1) is 6.22. The summed E-state index contributed by atoms with van der Waals surface area (Å²) < 4.78 is 5.21. The molecule has 0 atom stereocenters. The van der Waals surface area contributed by atoms with Crippen LogP contribution in [-0.2, 0) is 0 Å². The van der Waals surface area contributed by atoms with Crippen LogP contribution in [0.4, 0.5) is 5.88 Å². The summed E-state index contributed by atoms with van der Waals surface area (Å²) in [7, 11) is 0. The van der Waals surface area contributed by atoms with E-state index in [0.717, 1.165) is 16.7 Å². The number of hydrogen-bond donors (Lipinski definition) is 1. The summed E-state index contributed by atoms with van der Waals surface area (Å²) in [6.45, 7) is 1.90. The molecule has 2 aromatic rings. The van der Waals surface area contributed by atoms with Gasteiger partial charge in [-0.1, -0.05) is 0 Å². The van der Waals surface area contributed by atoms with E-state index in [1.165, 1.54) is 0 Å². The predicted molar refractivity (Wildman–Crippen MR) is 43.2 cm³/mol. The van der Waals surface area contributed by atoms with E-state index in [2.05, 4.69) is 4.98 Å². The van der Waals surface area contributed by atoms with Crippen LogP contribution in [0.2, 0.25) is 0 Å². The zero-order chi connectivity index (χ0) is 7.84. The van der Waals surface area contributed by atoms with Crippen molar-refractivity contribution in [3.8, 4) is 0 Å². The quantitative estimate of drug-likeness (QED) is 0.618. The minimum absolute atomic E-state index is 0.457. The maximum atomic E-state index is 5.55. The molecule has 2 heterocycles. The summed E-state index contributed by atoms with van der Waals surface area (Å²) in [4.78, 5) is 4.13. The number of aromatic nitrogens is 1. The number of aryl methyl sites for hydroxylation is 1. The third-order valence-electron chi connectivity index (χ3n) is 1.72. The van der Waals surface area contributed by atoms with Crippen LogP contribution in [-0.4, -0.2) is 4.98 Å². The average Bonchev–Trinajstić information content (AvgIpc) is 2.30. The van der Waals surface area contributed by atoms with Gasteiger partial charge in [0, 0.05) is 11.8 Å². The lowest BCUT2D eigenvalue weighted by Gasteiger charge is -1.84. The van der Waals surface area contributed by atoms with Gasteiger partial charge in [-0.3, -0.25) is 4.98 Å². The Balaban J connectivity index is 2.92. The van der Waals surface area contributed by atoms with Crippen molar-refractivity contribution in [3.63, 3.8) is 0 Å². The third kappa shape index (κ3) is 0.774. The molecule has 0 bridgehead atoms. The molecule has 0 saturated carbocycles. The molecule has 0 saturated heterocycles. The topological polar surface area (TPSA) is 52.0 Å². The number of pyridine rings is 1. The van der Waals surface area contributed by atoms with E-state index < -0.39 is 0 Å². The predicted octanol–water partition coefficient (Wildman–Crippen LogP) is 1.72. The fourth-order valence-corrected chi connectivity index (χ4v) is 1.07. The SMILES string of the molecule is Cc1c(N)oc2cccnc12. The van der Waals surface area contributed by atoms with Crippen LogP contribution in [0.3, 0.4) is 0 Å². The summed E-state index contributed by atoms with van der Waals surface area (Å²) in [5.74, 6) is 0.457. The molecule has 0 spiro atoms. The Labute approximate surface area is 63.8 Å². The van der Waals surface area contributed by atoms with Gasteiger partial charge in [0.1, 0.15) is 5.52 Å². The van der Waals surface area contributed by atoms with Crippen molar-refractivity contribution >= 4 is 17.0 Å². The lowest BCUT2D eigenvalue weighted by Crippen LogP contribution is -1.82. The first-order chi connectivity index (χ1) is 5.29. The van der Waals surface area contributed by atoms with Crippen LogP contribution >= 0.6 is 0 Å². The molecule has 0 aliphatic heterocycles. The molecule has 2 N–H and O–H groups in total. The van der Waals surface area contributed by atoms with E-state index >= 15 is 0 Å². The average molecular weight is 148 g/mol. The van der Waals surface area contributed by atoms with Crippen LogP contribution in [0, 0.1) is 6.92 Å². The first-order valence-electron chi connectivity index (χ1n) is 3.38. The lowest BCUT2D eigenvalue weighted by molar-refractivity contribution is 0.634. The second kappa shape index (κ2) is 1.99. The van der Waals surface area contributed by atoms with Crippen molar-refractivity contribution in [2.24, 2.45) is 0 Å². The molecule has 2 aromatic heterocycles. The molecule has 3 heteroatoms. The van der Waals surface area contributed by atoms with E-state index in [4.69, 9.17) is 10.2 Å². The second-order valence-electron chi connectivity index (χ2n) is 2.44. The van der Waals surface area contributed by atoms with Crippen LogP contribution in [0.5, 0.6) is 0 Å². The van der Waals surface area contributed by atoms with E-state index in [1.54, 1.807) is 6.20 Å². The van der Waals surface area contributed by atoms with E-state index in [9.17, 15) is 0 Å². The molecule has 3 nitrogen and oxygen atoms in total. The first-order valence-corrected chi connectivity index (χ1v) is 3.38. The molecule has 0 aromatic carbocycles. The largest absolute Gasteiger partial charge is 0.439 e. The smallest absolute Gasteiger partial charge is 0.196 e. The number of anilines is 1. The van der Waals surface area contributed by atoms with Crippen molar-refractivity contribution in [2.75, 3.05) is 5.73 Å². The van der Waals surface area contributed by atoms with E-state index in [0.29, 0.717) is 5.88 Å². The van der Waals surface area contributed by atoms with Gasteiger partial charge < -0.3 is 10.2 Å². The standard InChI is InChI=1S/C8H8N2O/c1-5-7-6(11-8(5)9)3-2-4-10-7/h2-4H,9H2,1H3. The summed E-state index contributed by atoms with van der Waals surface area (Å²) in [6, 6.07) is 3.68. The highest BCUT2D eigenvalue weighted by Gasteiger charge is 2.06. The molecule has 2 rings (SSSR count). The van der Waals surface area contributed by atoms with Crippen molar-refractivity contribution in [3.05, 3.63) is 23.9 Å². The number of rotatable bonds is 0. The molecule has 0 unspecified atom stereocenters. The summed E-state index contributed by atoms with van der Waals surface area (Å²) >= 11 is 0. The van der Waals surface area contributed by atoms with E-state index in [-0.39, 0.29) is 0 Å². The molecular weight excluding hydrogens is 140 g/mol. The molecule has 0 radical (unpaired) electrons. The Morgan fingerprint density at radius 2 is 2.36 bits per heavy atom. The van der Waals surface area contributed by atoms with Gasteiger partial charge in [-0.2, -0.15) is 0 Å². The Kier molecular flexibility index (Phi) is 1.12. The zero-order valence-corrected chi connectivity index (χ0v) is 6.16. The van der Waals surface area contributed by atoms with Gasteiger partial charge in [0.2, 0.25) is 0 Å². The van der Waals surface area contributed by atoms with Gasteiger partial charge in [0.25, 0.3) is 0 Å². The number of nitrogens with two attached hydrogens (primary N) is 1. The maximum Gasteiger partial charge on any atom is 0.196 e. The maximum absolute atomic E-state index is 5.55. The van der Waals surface area contributed by atoms with Gasteiger partial charge in [-0.25, -0.2) is 0 Å².